The maximum atomic E-state index is 12.7. The Labute approximate surface area is 177 Å². The van der Waals surface area contributed by atoms with E-state index in [1.807, 2.05) is 54.6 Å². The lowest BCUT2D eigenvalue weighted by Crippen LogP contribution is -2.30. The van der Waals surface area contributed by atoms with Gasteiger partial charge >= 0.3 is 11.9 Å². The highest BCUT2D eigenvalue weighted by molar-refractivity contribution is 5.88. The van der Waals surface area contributed by atoms with Crippen molar-refractivity contribution in [3.05, 3.63) is 60.2 Å². The molecular weight excluding hydrogens is 382 g/mol. The van der Waals surface area contributed by atoms with E-state index < -0.39 is 12.0 Å². The molecule has 0 heterocycles. The molecule has 2 aromatic carbocycles. The highest BCUT2D eigenvalue weighted by atomic mass is 16.5. The molecule has 0 saturated carbocycles. The number of nitrogens with one attached hydrogen (secondary N) is 1. The normalized spacial score (nSPS) is 11.6. The second kappa shape index (κ2) is 12.5. The smallest absolute Gasteiger partial charge is 0.305 e. The van der Waals surface area contributed by atoms with Crippen LogP contribution in [0.25, 0.3) is 11.1 Å². The Morgan fingerprint density at radius 1 is 0.900 bits per heavy atom. The number of aliphatic carboxylic acids is 1. The van der Waals surface area contributed by atoms with E-state index in [9.17, 15) is 14.4 Å². The molecule has 1 atom stereocenters. The Morgan fingerprint density at radius 2 is 1.57 bits per heavy atom. The highest BCUT2D eigenvalue weighted by Crippen LogP contribution is 2.23. The van der Waals surface area contributed by atoms with E-state index in [2.05, 4.69) is 5.32 Å². The van der Waals surface area contributed by atoms with Gasteiger partial charge in [0.25, 0.3) is 0 Å². The molecule has 0 aliphatic rings. The van der Waals surface area contributed by atoms with Gasteiger partial charge in [0.15, 0.2) is 5.78 Å². The van der Waals surface area contributed by atoms with Crippen LogP contribution in [0.5, 0.6) is 0 Å². The average molecular weight is 411 g/mol. The lowest BCUT2D eigenvalue weighted by molar-refractivity contribution is -0.143. The van der Waals surface area contributed by atoms with Gasteiger partial charge in [0.1, 0.15) is 0 Å². The fourth-order valence-corrected chi connectivity index (χ4v) is 3.16. The van der Waals surface area contributed by atoms with Crippen LogP contribution in [0.2, 0.25) is 0 Å². The van der Waals surface area contributed by atoms with Crippen LogP contribution in [0.4, 0.5) is 0 Å². The predicted octanol–water partition coefficient (Wildman–Crippen LogP) is 4.15. The first-order chi connectivity index (χ1) is 14.5. The van der Waals surface area contributed by atoms with E-state index in [-0.39, 0.29) is 24.6 Å². The van der Waals surface area contributed by atoms with E-state index in [0.29, 0.717) is 32.4 Å². The standard InChI is InChI=1S/C24H29NO5/c1-2-30-23(29)10-6-7-17-25-24(21(26)15-16-22(27)28)20-13-11-19(12-14-20)18-8-4-3-5-9-18/h3-5,8-9,11-14,24-25H,2,6-7,10,15-17H2,1H3,(H,27,28). The van der Waals surface area contributed by atoms with Crippen LogP contribution in [0.15, 0.2) is 54.6 Å². The maximum Gasteiger partial charge on any atom is 0.305 e. The maximum absolute atomic E-state index is 12.7. The number of esters is 1. The quantitative estimate of drug-likeness (QED) is 0.380. The minimum atomic E-state index is -0.990. The minimum Gasteiger partial charge on any atom is -0.481 e. The molecule has 2 N–H and O–H groups in total. The van der Waals surface area contributed by atoms with Gasteiger partial charge in [-0.3, -0.25) is 14.4 Å². The largest absolute Gasteiger partial charge is 0.481 e. The number of ether oxygens (including phenoxy) is 1. The Hall–Kier alpha value is -2.99. The third-order valence-corrected chi connectivity index (χ3v) is 4.72. The Kier molecular flexibility index (Phi) is 9.74. The molecule has 0 amide bonds. The van der Waals surface area contributed by atoms with Gasteiger partial charge in [-0.25, -0.2) is 0 Å². The molecule has 0 radical (unpaired) electrons. The van der Waals surface area contributed by atoms with Gasteiger partial charge in [-0.05, 0) is 43.0 Å². The summed E-state index contributed by atoms with van der Waals surface area (Å²) in [5.41, 5.74) is 2.94. The van der Waals surface area contributed by atoms with Gasteiger partial charge in [0.05, 0.1) is 19.1 Å². The molecule has 30 heavy (non-hydrogen) atoms. The van der Waals surface area contributed by atoms with Crippen LogP contribution in [0.1, 0.15) is 50.6 Å². The summed E-state index contributed by atoms with van der Waals surface area (Å²) in [5, 5.41) is 12.1. The molecule has 2 rings (SSSR count). The van der Waals surface area contributed by atoms with Crippen LogP contribution >= 0.6 is 0 Å². The molecule has 0 spiro atoms. The first kappa shape index (κ1) is 23.3. The summed E-state index contributed by atoms with van der Waals surface area (Å²) in [6.45, 7) is 2.69. The lowest BCUT2D eigenvalue weighted by Gasteiger charge is -2.18. The number of carbonyl (C=O) groups is 3. The number of ketones is 1. The van der Waals surface area contributed by atoms with Crippen LogP contribution < -0.4 is 5.32 Å². The Bertz CT molecular complexity index is 817. The first-order valence-electron chi connectivity index (χ1n) is 10.3. The topological polar surface area (TPSA) is 92.7 Å². The minimum absolute atomic E-state index is 0.0315. The molecule has 0 bridgehead atoms. The summed E-state index contributed by atoms with van der Waals surface area (Å²) >= 11 is 0. The van der Waals surface area contributed by atoms with Crippen LogP contribution in [-0.4, -0.2) is 36.0 Å². The summed E-state index contributed by atoms with van der Waals surface area (Å²) in [7, 11) is 0. The number of Topliss-reactive ketones (excluding diaryl/α,β-unsaturated/α-hetero) is 1. The number of carboxylic acid groups (broad SMARTS) is 1. The van der Waals surface area contributed by atoms with Gasteiger partial charge in [0.2, 0.25) is 0 Å². The third kappa shape index (κ3) is 7.79. The lowest BCUT2D eigenvalue weighted by atomic mass is 9.96. The van der Waals surface area contributed by atoms with Gasteiger partial charge in [-0.1, -0.05) is 54.6 Å². The highest BCUT2D eigenvalue weighted by Gasteiger charge is 2.20. The number of benzene rings is 2. The summed E-state index contributed by atoms with van der Waals surface area (Å²) in [4.78, 5) is 34.9. The molecule has 160 valence electrons. The van der Waals surface area contributed by atoms with Crippen molar-refractivity contribution in [2.24, 2.45) is 0 Å². The van der Waals surface area contributed by atoms with E-state index >= 15 is 0 Å². The number of carboxylic acids is 1. The molecule has 1 unspecified atom stereocenters. The second-order valence-electron chi connectivity index (χ2n) is 7.00. The van der Waals surface area contributed by atoms with Gasteiger partial charge in [-0.15, -0.1) is 0 Å². The molecule has 0 aliphatic heterocycles. The summed E-state index contributed by atoms with van der Waals surface area (Å²) < 4.78 is 4.91. The molecule has 2 aromatic rings. The summed E-state index contributed by atoms with van der Waals surface area (Å²) in [6.07, 6.45) is 1.50. The second-order valence-corrected chi connectivity index (χ2v) is 7.00. The van der Waals surface area contributed by atoms with Crippen LogP contribution in [0, 0.1) is 0 Å². The zero-order chi connectivity index (χ0) is 21.8. The van der Waals surface area contributed by atoms with Crippen molar-refractivity contribution in [2.75, 3.05) is 13.2 Å². The average Bonchev–Trinajstić information content (AvgIpc) is 2.75. The van der Waals surface area contributed by atoms with Crippen molar-refractivity contribution < 1.29 is 24.2 Å². The van der Waals surface area contributed by atoms with Crippen LogP contribution in [-0.2, 0) is 19.1 Å². The molecule has 0 aliphatic carbocycles. The van der Waals surface area contributed by atoms with Crippen LogP contribution in [0.3, 0.4) is 0 Å². The number of hydrogen-bond donors (Lipinski definition) is 2. The van der Waals surface area contributed by atoms with E-state index in [1.54, 1.807) is 6.92 Å². The van der Waals surface area contributed by atoms with Crippen molar-refractivity contribution in [3.8, 4) is 11.1 Å². The zero-order valence-electron chi connectivity index (χ0n) is 17.3. The van der Waals surface area contributed by atoms with E-state index in [0.717, 1.165) is 16.7 Å². The van der Waals surface area contributed by atoms with E-state index in [1.165, 1.54) is 0 Å². The summed E-state index contributed by atoms with van der Waals surface area (Å²) in [5.74, 6) is -1.37. The monoisotopic (exact) mass is 411 g/mol. The molecule has 6 nitrogen and oxygen atoms in total. The third-order valence-electron chi connectivity index (χ3n) is 4.72. The molecular formula is C24H29NO5. The Morgan fingerprint density at radius 3 is 2.20 bits per heavy atom. The first-order valence-corrected chi connectivity index (χ1v) is 10.3. The molecule has 6 heteroatoms. The molecule has 0 fully saturated rings. The van der Waals surface area contributed by atoms with Crippen molar-refractivity contribution in [2.45, 2.75) is 45.1 Å². The fraction of sp³-hybridized carbons (Fsp3) is 0.375. The summed E-state index contributed by atoms with van der Waals surface area (Å²) in [6, 6.07) is 17.1. The number of rotatable bonds is 13. The predicted molar refractivity (Wildman–Crippen MR) is 115 cm³/mol. The van der Waals surface area contributed by atoms with Gasteiger partial charge in [0, 0.05) is 12.8 Å². The van der Waals surface area contributed by atoms with Crippen molar-refractivity contribution in [3.63, 3.8) is 0 Å². The number of carbonyl (C=O) groups excluding carboxylic acids is 2. The van der Waals surface area contributed by atoms with Gasteiger partial charge in [-0.2, -0.15) is 0 Å². The van der Waals surface area contributed by atoms with Crippen molar-refractivity contribution in [1.82, 2.24) is 5.32 Å². The van der Waals surface area contributed by atoms with Crippen molar-refractivity contribution >= 4 is 17.7 Å². The zero-order valence-corrected chi connectivity index (χ0v) is 17.3. The van der Waals surface area contributed by atoms with Crippen molar-refractivity contribution in [1.29, 1.82) is 0 Å². The number of unbranched alkanes of at least 4 members (excludes halogenated alkanes) is 1. The molecule has 0 aromatic heterocycles. The number of hydrogen-bond acceptors (Lipinski definition) is 5. The SMILES string of the molecule is CCOC(=O)CCCCNC(C(=O)CCC(=O)O)c1ccc(-c2ccccc2)cc1. The molecule has 0 saturated heterocycles. The van der Waals surface area contributed by atoms with Gasteiger partial charge < -0.3 is 15.2 Å². The Balaban J connectivity index is 2.01. The fourth-order valence-electron chi connectivity index (χ4n) is 3.16. The van der Waals surface area contributed by atoms with E-state index in [4.69, 9.17) is 9.84 Å².